The van der Waals surface area contributed by atoms with Gasteiger partial charge in [-0.15, -0.1) is 0 Å². The molecule has 0 saturated carbocycles. The zero-order valence-electron chi connectivity index (χ0n) is 19.4. The second-order valence-electron chi connectivity index (χ2n) is 8.40. The summed E-state index contributed by atoms with van der Waals surface area (Å²) in [6.45, 7) is 2.32. The zero-order valence-corrected chi connectivity index (χ0v) is 19.4. The van der Waals surface area contributed by atoms with Gasteiger partial charge < -0.3 is 11.1 Å². The Morgan fingerprint density at radius 1 is 0.972 bits per heavy atom. The van der Waals surface area contributed by atoms with Gasteiger partial charge in [-0.2, -0.15) is 13.2 Å². The van der Waals surface area contributed by atoms with Crippen molar-refractivity contribution < 1.29 is 13.2 Å². The molecule has 0 saturated heterocycles. The molecule has 0 unspecified atom stereocenters. The van der Waals surface area contributed by atoms with Crippen LogP contribution in [0.4, 0.5) is 19.1 Å². The lowest BCUT2D eigenvalue weighted by molar-refractivity contribution is -0.137. The van der Waals surface area contributed by atoms with Gasteiger partial charge >= 0.3 is 6.18 Å². The Balaban J connectivity index is 1.63. The van der Waals surface area contributed by atoms with Gasteiger partial charge in [0.1, 0.15) is 5.65 Å². The van der Waals surface area contributed by atoms with Crippen LogP contribution >= 0.6 is 0 Å². The van der Waals surface area contributed by atoms with Crippen LogP contribution < -0.4 is 11.1 Å². The number of fused-ring (bicyclic) bond motifs is 1. The van der Waals surface area contributed by atoms with Gasteiger partial charge in [-0.1, -0.05) is 42.5 Å². The minimum Gasteiger partial charge on any atom is -0.348 e. The molecule has 0 amide bonds. The van der Waals surface area contributed by atoms with Gasteiger partial charge in [0.05, 0.1) is 28.7 Å². The predicted molar refractivity (Wildman–Crippen MR) is 133 cm³/mol. The normalized spacial score (nSPS) is 12.6. The molecule has 0 aliphatic rings. The lowest BCUT2D eigenvalue weighted by Crippen LogP contribution is -2.09. The number of hydrogen-bond acceptors (Lipinski definition) is 5. The molecule has 5 rings (SSSR count). The Labute approximate surface area is 205 Å². The van der Waals surface area contributed by atoms with Crippen molar-refractivity contribution in [3.05, 3.63) is 102 Å². The van der Waals surface area contributed by atoms with Crippen LogP contribution in [0.5, 0.6) is 0 Å². The summed E-state index contributed by atoms with van der Waals surface area (Å²) >= 11 is 0. The van der Waals surface area contributed by atoms with Crippen molar-refractivity contribution in [2.45, 2.75) is 25.7 Å². The Kier molecular flexibility index (Phi) is 6.15. The quantitative estimate of drug-likeness (QED) is 0.301. The minimum atomic E-state index is -4.47. The molecule has 6 nitrogen and oxygen atoms in total. The van der Waals surface area contributed by atoms with Gasteiger partial charge in [0.25, 0.3) is 0 Å². The molecule has 0 bridgehead atoms. The number of halogens is 3. The summed E-state index contributed by atoms with van der Waals surface area (Å²) in [6.07, 6.45) is -1.05. The molecule has 3 heterocycles. The molecule has 5 aromatic rings. The molecule has 0 aliphatic heterocycles. The summed E-state index contributed by atoms with van der Waals surface area (Å²) in [7, 11) is 0. The van der Waals surface area contributed by atoms with Gasteiger partial charge in [0.2, 0.25) is 5.95 Å². The van der Waals surface area contributed by atoms with E-state index in [0.29, 0.717) is 40.8 Å². The van der Waals surface area contributed by atoms with E-state index in [1.807, 2.05) is 53.8 Å². The lowest BCUT2D eigenvalue weighted by atomic mass is 10.0. The number of nitrogens with one attached hydrogen (secondary N) is 1. The van der Waals surface area contributed by atoms with Crippen molar-refractivity contribution in [2.75, 3.05) is 5.32 Å². The maximum absolute atomic E-state index is 13.5. The number of imidazole rings is 1. The molecular weight excluding hydrogens is 465 g/mol. The van der Waals surface area contributed by atoms with Crippen molar-refractivity contribution in [2.24, 2.45) is 5.73 Å². The molecule has 2 aromatic carbocycles. The van der Waals surface area contributed by atoms with E-state index in [2.05, 4.69) is 15.3 Å². The van der Waals surface area contributed by atoms with E-state index in [0.717, 1.165) is 23.3 Å². The summed E-state index contributed by atoms with van der Waals surface area (Å²) in [5.74, 6) is 0.396. The minimum absolute atomic E-state index is 0.0568. The Bertz CT molecular complexity index is 1510. The number of anilines is 1. The molecular formula is C27H23F3N6. The number of nitrogens with zero attached hydrogens (tertiary/aromatic N) is 4. The van der Waals surface area contributed by atoms with Crippen LogP contribution in [0.25, 0.3) is 28.3 Å². The van der Waals surface area contributed by atoms with Crippen LogP contribution in [0.2, 0.25) is 0 Å². The maximum atomic E-state index is 13.5. The fourth-order valence-corrected chi connectivity index (χ4v) is 4.08. The second-order valence-corrected chi connectivity index (χ2v) is 8.40. The monoisotopic (exact) mass is 488 g/mol. The SMILES string of the molecule is C[C@H](Nc1nccc(-c2c(-c3cccc(C(F)(F)F)c3)nc3cc(CN)ccn23)n1)c1ccccc1. The highest BCUT2D eigenvalue weighted by Crippen LogP contribution is 2.36. The number of pyridine rings is 1. The standard InChI is InChI=1S/C27H23F3N6/c1-17(19-6-3-2-4-7-19)33-26-32-12-10-22(34-26)25-24(20-8-5-9-21(15-20)27(28,29)30)35-23-14-18(16-31)11-13-36(23)25/h2-15,17H,16,31H2,1H3,(H,32,33,34)/t17-/m0/s1. The third kappa shape index (κ3) is 4.65. The van der Waals surface area contributed by atoms with Gasteiger partial charge in [-0.25, -0.2) is 15.0 Å². The van der Waals surface area contributed by atoms with E-state index in [1.54, 1.807) is 24.5 Å². The van der Waals surface area contributed by atoms with E-state index in [-0.39, 0.29) is 6.04 Å². The first kappa shape index (κ1) is 23.5. The van der Waals surface area contributed by atoms with Crippen LogP contribution in [0.3, 0.4) is 0 Å². The van der Waals surface area contributed by atoms with Crippen LogP contribution in [0.15, 0.2) is 85.2 Å². The van der Waals surface area contributed by atoms with E-state index in [4.69, 9.17) is 10.7 Å². The van der Waals surface area contributed by atoms with Gasteiger partial charge in [0, 0.05) is 24.5 Å². The first-order chi connectivity index (χ1) is 17.3. The third-order valence-corrected chi connectivity index (χ3v) is 5.93. The molecule has 0 fully saturated rings. The Morgan fingerprint density at radius 2 is 1.78 bits per heavy atom. The lowest BCUT2D eigenvalue weighted by Gasteiger charge is -2.15. The van der Waals surface area contributed by atoms with Gasteiger partial charge in [-0.05, 0) is 48.4 Å². The van der Waals surface area contributed by atoms with Crippen LogP contribution in [0, 0.1) is 0 Å². The molecule has 3 N–H and O–H groups in total. The van der Waals surface area contributed by atoms with E-state index in [9.17, 15) is 13.2 Å². The predicted octanol–water partition coefficient (Wildman–Crippen LogP) is 6.11. The van der Waals surface area contributed by atoms with Crippen molar-refractivity contribution in [3.8, 4) is 22.6 Å². The highest BCUT2D eigenvalue weighted by atomic mass is 19.4. The molecule has 0 aliphatic carbocycles. The van der Waals surface area contributed by atoms with Crippen molar-refractivity contribution in [1.82, 2.24) is 19.4 Å². The van der Waals surface area contributed by atoms with Crippen LogP contribution in [0.1, 0.15) is 29.7 Å². The number of hydrogen-bond donors (Lipinski definition) is 2. The van der Waals surface area contributed by atoms with E-state index in [1.165, 1.54) is 6.07 Å². The number of rotatable bonds is 6. The van der Waals surface area contributed by atoms with Crippen molar-refractivity contribution in [3.63, 3.8) is 0 Å². The molecule has 9 heteroatoms. The average Bonchev–Trinajstić information content (AvgIpc) is 3.27. The Hall–Kier alpha value is -4.24. The summed E-state index contributed by atoms with van der Waals surface area (Å²) in [5, 5.41) is 3.30. The van der Waals surface area contributed by atoms with Crippen molar-refractivity contribution in [1.29, 1.82) is 0 Å². The summed E-state index contributed by atoms with van der Waals surface area (Å²) in [6, 6.07) is 20.4. The van der Waals surface area contributed by atoms with Crippen molar-refractivity contribution >= 4 is 11.6 Å². The summed E-state index contributed by atoms with van der Waals surface area (Å²) in [4.78, 5) is 13.7. The van der Waals surface area contributed by atoms with Crippen LogP contribution in [-0.4, -0.2) is 19.4 Å². The fourth-order valence-electron chi connectivity index (χ4n) is 4.08. The van der Waals surface area contributed by atoms with E-state index < -0.39 is 11.7 Å². The van der Waals surface area contributed by atoms with Crippen LogP contribution in [-0.2, 0) is 12.7 Å². The highest BCUT2D eigenvalue weighted by molar-refractivity contribution is 5.81. The number of nitrogens with two attached hydrogens (primary N) is 1. The number of benzene rings is 2. The molecule has 0 radical (unpaired) electrons. The summed E-state index contributed by atoms with van der Waals surface area (Å²) < 4.78 is 42.2. The third-order valence-electron chi connectivity index (χ3n) is 5.93. The average molecular weight is 489 g/mol. The molecule has 3 aromatic heterocycles. The van der Waals surface area contributed by atoms with Gasteiger partial charge in [0.15, 0.2) is 0 Å². The first-order valence-corrected chi connectivity index (χ1v) is 11.4. The highest BCUT2D eigenvalue weighted by Gasteiger charge is 2.31. The zero-order chi connectivity index (χ0) is 25.3. The molecule has 1 atom stereocenters. The smallest absolute Gasteiger partial charge is 0.348 e. The second kappa shape index (κ2) is 9.43. The summed E-state index contributed by atoms with van der Waals surface area (Å²) in [5.41, 5.74) is 9.35. The topological polar surface area (TPSA) is 81.1 Å². The molecule has 182 valence electrons. The number of alkyl halides is 3. The fraction of sp³-hybridized carbons (Fsp3) is 0.148. The first-order valence-electron chi connectivity index (χ1n) is 11.4. The maximum Gasteiger partial charge on any atom is 0.416 e. The number of aromatic nitrogens is 4. The molecule has 0 spiro atoms. The Morgan fingerprint density at radius 3 is 2.53 bits per heavy atom. The van der Waals surface area contributed by atoms with E-state index >= 15 is 0 Å². The largest absolute Gasteiger partial charge is 0.416 e. The van der Waals surface area contributed by atoms with Gasteiger partial charge in [-0.3, -0.25) is 4.40 Å². The molecule has 36 heavy (non-hydrogen) atoms.